The van der Waals surface area contributed by atoms with E-state index in [0.29, 0.717) is 16.3 Å². The second-order valence-corrected chi connectivity index (χ2v) is 5.14. The van der Waals surface area contributed by atoms with Gasteiger partial charge in [0, 0.05) is 5.02 Å². The number of nitrogens with zero attached hydrogens (tertiary/aromatic N) is 1. The molecule has 0 saturated heterocycles. The van der Waals surface area contributed by atoms with Crippen molar-refractivity contribution in [3.8, 4) is 6.07 Å². The molecular formula is C13H13ClN2O2. The minimum Gasteiger partial charge on any atom is -0.480 e. The van der Waals surface area contributed by atoms with Gasteiger partial charge in [-0.25, -0.2) is 4.79 Å². The van der Waals surface area contributed by atoms with E-state index < -0.39 is 11.5 Å². The van der Waals surface area contributed by atoms with Crippen LogP contribution in [0.3, 0.4) is 0 Å². The van der Waals surface area contributed by atoms with Crippen LogP contribution in [0, 0.1) is 17.2 Å². The van der Waals surface area contributed by atoms with Gasteiger partial charge in [0.2, 0.25) is 0 Å². The lowest BCUT2D eigenvalue weighted by Crippen LogP contribution is -2.45. The number of hydrogen-bond donors (Lipinski definition) is 2. The highest BCUT2D eigenvalue weighted by atomic mass is 35.5. The molecule has 5 heteroatoms. The highest BCUT2D eigenvalue weighted by molar-refractivity contribution is 6.30. The number of carboxylic acid groups (broad SMARTS) is 1. The Balaban J connectivity index is 2.35. The Bertz CT molecular complexity index is 534. The molecule has 4 nitrogen and oxygen atoms in total. The van der Waals surface area contributed by atoms with E-state index in [1.165, 1.54) is 0 Å². The van der Waals surface area contributed by atoms with Crippen molar-refractivity contribution >= 4 is 23.3 Å². The molecular weight excluding hydrogens is 252 g/mol. The van der Waals surface area contributed by atoms with E-state index in [0.717, 1.165) is 12.8 Å². The molecule has 0 radical (unpaired) electrons. The fraction of sp³-hybridized carbons (Fsp3) is 0.385. The molecule has 2 rings (SSSR count). The lowest BCUT2D eigenvalue weighted by atomic mass is 9.95. The molecule has 1 aromatic rings. The van der Waals surface area contributed by atoms with Gasteiger partial charge in [0.1, 0.15) is 11.6 Å². The maximum absolute atomic E-state index is 11.4. The Hall–Kier alpha value is -1.73. The van der Waals surface area contributed by atoms with Crippen LogP contribution in [0.25, 0.3) is 0 Å². The summed E-state index contributed by atoms with van der Waals surface area (Å²) in [5.74, 6) is -0.811. The van der Waals surface area contributed by atoms with Crippen LogP contribution in [-0.2, 0) is 4.79 Å². The van der Waals surface area contributed by atoms with Crippen molar-refractivity contribution in [2.75, 3.05) is 5.32 Å². The SMILES string of the molecule is CC(Nc1cc(Cl)ccc1C#N)(C(=O)O)C1CC1. The lowest BCUT2D eigenvalue weighted by Gasteiger charge is -2.28. The quantitative estimate of drug-likeness (QED) is 0.877. The van der Waals surface area contributed by atoms with Gasteiger partial charge in [0.15, 0.2) is 0 Å². The normalized spacial score (nSPS) is 17.6. The molecule has 1 atom stereocenters. The van der Waals surface area contributed by atoms with Crippen molar-refractivity contribution in [1.29, 1.82) is 5.26 Å². The molecule has 1 aliphatic rings. The molecule has 0 amide bonds. The third-order valence-electron chi connectivity index (χ3n) is 3.33. The predicted octanol–water partition coefficient (Wildman–Crippen LogP) is 2.88. The minimum atomic E-state index is -1.05. The maximum atomic E-state index is 11.4. The summed E-state index contributed by atoms with van der Waals surface area (Å²) in [4.78, 5) is 11.4. The second-order valence-electron chi connectivity index (χ2n) is 4.71. The van der Waals surface area contributed by atoms with Gasteiger partial charge in [0.25, 0.3) is 0 Å². The molecule has 1 fully saturated rings. The number of hydrogen-bond acceptors (Lipinski definition) is 3. The minimum absolute atomic E-state index is 0.0977. The molecule has 94 valence electrons. The van der Waals surface area contributed by atoms with E-state index in [4.69, 9.17) is 16.9 Å². The predicted molar refractivity (Wildman–Crippen MR) is 68.6 cm³/mol. The Morgan fingerprint density at radius 3 is 2.78 bits per heavy atom. The van der Waals surface area contributed by atoms with Crippen molar-refractivity contribution in [2.24, 2.45) is 5.92 Å². The van der Waals surface area contributed by atoms with E-state index in [-0.39, 0.29) is 5.92 Å². The standard InChI is InChI=1S/C13H13ClN2O2/c1-13(12(17)18,9-3-4-9)16-11-6-10(14)5-2-8(11)7-15/h2,5-6,9,16H,3-4H2,1H3,(H,17,18). The number of benzene rings is 1. The first-order valence-electron chi connectivity index (χ1n) is 5.68. The van der Waals surface area contributed by atoms with Crippen LogP contribution in [0.5, 0.6) is 0 Å². The van der Waals surface area contributed by atoms with Gasteiger partial charge < -0.3 is 10.4 Å². The van der Waals surface area contributed by atoms with Gasteiger partial charge in [-0.3, -0.25) is 0 Å². The number of aliphatic carboxylic acids is 1. The number of carbonyl (C=O) groups is 1. The molecule has 1 aliphatic carbocycles. The molecule has 1 saturated carbocycles. The van der Waals surface area contributed by atoms with Crippen molar-refractivity contribution in [1.82, 2.24) is 0 Å². The summed E-state index contributed by atoms with van der Waals surface area (Å²) in [6.07, 6.45) is 1.77. The largest absolute Gasteiger partial charge is 0.480 e. The van der Waals surface area contributed by atoms with Gasteiger partial charge in [-0.15, -0.1) is 0 Å². The molecule has 0 heterocycles. The maximum Gasteiger partial charge on any atom is 0.329 e. The number of nitriles is 1. The monoisotopic (exact) mass is 264 g/mol. The highest BCUT2D eigenvalue weighted by Gasteiger charge is 2.47. The van der Waals surface area contributed by atoms with Gasteiger partial charge in [-0.1, -0.05) is 11.6 Å². The number of nitrogens with one attached hydrogen (secondary N) is 1. The first-order valence-corrected chi connectivity index (χ1v) is 6.06. The Labute approximate surface area is 110 Å². The first kappa shape index (κ1) is 12.7. The third-order valence-corrected chi connectivity index (χ3v) is 3.57. The Kier molecular flexibility index (Phi) is 3.18. The summed E-state index contributed by atoms with van der Waals surface area (Å²) in [6, 6.07) is 6.81. The highest BCUT2D eigenvalue weighted by Crippen LogP contribution is 2.42. The molecule has 2 N–H and O–H groups in total. The zero-order valence-corrected chi connectivity index (χ0v) is 10.7. The van der Waals surface area contributed by atoms with Crippen LogP contribution in [0.15, 0.2) is 18.2 Å². The number of carboxylic acids is 1. The Morgan fingerprint density at radius 1 is 1.61 bits per heavy atom. The zero-order chi connectivity index (χ0) is 13.3. The molecule has 0 aliphatic heterocycles. The van der Waals surface area contributed by atoms with Crippen LogP contribution in [0.4, 0.5) is 5.69 Å². The van der Waals surface area contributed by atoms with Crippen LogP contribution >= 0.6 is 11.6 Å². The summed E-state index contributed by atoms with van der Waals surface area (Å²) < 4.78 is 0. The molecule has 0 bridgehead atoms. The molecule has 0 spiro atoms. The fourth-order valence-electron chi connectivity index (χ4n) is 1.99. The van der Waals surface area contributed by atoms with Gasteiger partial charge in [-0.05, 0) is 43.9 Å². The number of rotatable bonds is 4. The van der Waals surface area contributed by atoms with Gasteiger partial charge in [0.05, 0.1) is 11.3 Å². The Morgan fingerprint density at radius 2 is 2.28 bits per heavy atom. The average molecular weight is 265 g/mol. The summed E-state index contributed by atoms with van der Waals surface area (Å²) in [6.45, 7) is 1.65. The average Bonchev–Trinajstić information content (AvgIpc) is 3.13. The van der Waals surface area contributed by atoms with E-state index in [2.05, 4.69) is 5.32 Å². The molecule has 18 heavy (non-hydrogen) atoms. The fourth-order valence-corrected chi connectivity index (χ4v) is 2.16. The third kappa shape index (κ3) is 2.27. The number of anilines is 1. The van der Waals surface area contributed by atoms with Gasteiger partial charge in [-0.2, -0.15) is 5.26 Å². The van der Waals surface area contributed by atoms with Crippen molar-refractivity contribution in [3.05, 3.63) is 28.8 Å². The molecule has 1 unspecified atom stereocenters. The second kappa shape index (κ2) is 4.51. The summed E-state index contributed by atoms with van der Waals surface area (Å²) in [5.41, 5.74) is -0.176. The van der Waals surface area contributed by atoms with Crippen molar-refractivity contribution in [2.45, 2.75) is 25.3 Å². The summed E-state index contributed by atoms with van der Waals surface area (Å²) in [7, 11) is 0. The first-order chi connectivity index (χ1) is 8.47. The number of halogens is 1. The van der Waals surface area contributed by atoms with Crippen LogP contribution in [-0.4, -0.2) is 16.6 Å². The van der Waals surface area contributed by atoms with E-state index in [9.17, 15) is 9.90 Å². The molecule has 1 aromatic carbocycles. The zero-order valence-electron chi connectivity index (χ0n) is 9.90. The molecule has 0 aromatic heterocycles. The van der Waals surface area contributed by atoms with Gasteiger partial charge >= 0.3 is 5.97 Å². The summed E-state index contributed by atoms with van der Waals surface area (Å²) >= 11 is 5.88. The van der Waals surface area contributed by atoms with Crippen LogP contribution in [0.1, 0.15) is 25.3 Å². The smallest absolute Gasteiger partial charge is 0.329 e. The van der Waals surface area contributed by atoms with Crippen LogP contribution in [0.2, 0.25) is 5.02 Å². The lowest BCUT2D eigenvalue weighted by molar-refractivity contribution is -0.142. The van der Waals surface area contributed by atoms with Crippen molar-refractivity contribution in [3.63, 3.8) is 0 Å². The topological polar surface area (TPSA) is 73.1 Å². The summed E-state index contributed by atoms with van der Waals surface area (Å²) in [5, 5.41) is 21.8. The van der Waals surface area contributed by atoms with E-state index in [1.54, 1.807) is 25.1 Å². The van der Waals surface area contributed by atoms with E-state index in [1.807, 2.05) is 6.07 Å². The van der Waals surface area contributed by atoms with Crippen molar-refractivity contribution < 1.29 is 9.90 Å². The van der Waals surface area contributed by atoms with E-state index >= 15 is 0 Å². The van der Waals surface area contributed by atoms with Crippen LogP contribution < -0.4 is 5.32 Å².